The zero-order valence-corrected chi connectivity index (χ0v) is 12.0. The molecule has 0 aromatic rings. The Bertz CT molecular complexity index is 320. The fourth-order valence-electron chi connectivity index (χ4n) is 4.47. The van der Waals surface area contributed by atoms with Gasteiger partial charge in [0.1, 0.15) is 0 Å². The largest absolute Gasteiger partial charge is 0.469 e. The highest BCUT2D eigenvalue weighted by Gasteiger charge is 2.39. The van der Waals surface area contributed by atoms with Crippen molar-refractivity contribution in [2.75, 3.05) is 13.7 Å². The number of rotatable bonds is 4. The van der Waals surface area contributed by atoms with Gasteiger partial charge in [-0.25, -0.2) is 0 Å². The second kappa shape index (κ2) is 5.82. The highest BCUT2D eigenvalue weighted by Crippen LogP contribution is 2.48. The molecule has 0 amide bonds. The summed E-state index contributed by atoms with van der Waals surface area (Å²) >= 11 is 0. The second-order valence-corrected chi connectivity index (χ2v) is 6.77. The van der Waals surface area contributed by atoms with Gasteiger partial charge in [-0.15, -0.1) is 0 Å². The number of hydrogen-bond donors (Lipinski definition) is 0. The molecule has 0 aromatic carbocycles. The van der Waals surface area contributed by atoms with E-state index >= 15 is 0 Å². The third-order valence-electron chi connectivity index (χ3n) is 5.64. The highest BCUT2D eigenvalue weighted by atomic mass is 16.5. The molecule has 3 unspecified atom stereocenters. The van der Waals surface area contributed by atoms with Crippen molar-refractivity contribution in [2.45, 2.75) is 57.5 Å². The monoisotopic (exact) mass is 266 g/mol. The molecule has 3 aliphatic carbocycles. The number of esters is 1. The van der Waals surface area contributed by atoms with Gasteiger partial charge in [0, 0.05) is 0 Å². The van der Waals surface area contributed by atoms with E-state index in [1.165, 1.54) is 32.8 Å². The van der Waals surface area contributed by atoms with Crippen LogP contribution >= 0.6 is 0 Å². The van der Waals surface area contributed by atoms with E-state index in [0.717, 1.165) is 50.0 Å². The van der Waals surface area contributed by atoms with Crippen LogP contribution in [0.3, 0.4) is 0 Å². The van der Waals surface area contributed by atoms with Crippen LogP contribution in [0.2, 0.25) is 0 Å². The minimum absolute atomic E-state index is 0.0356. The maximum absolute atomic E-state index is 11.5. The lowest BCUT2D eigenvalue weighted by atomic mass is 9.87. The van der Waals surface area contributed by atoms with Crippen LogP contribution in [-0.2, 0) is 14.3 Å². The van der Waals surface area contributed by atoms with E-state index < -0.39 is 0 Å². The molecule has 0 radical (unpaired) electrons. The maximum atomic E-state index is 11.5. The first-order chi connectivity index (χ1) is 9.26. The van der Waals surface area contributed by atoms with Crippen molar-refractivity contribution in [1.29, 1.82) is 0 Å². The Kier molecular flexibility index (Phi) is 4.11. The average Bonchev–Trinajstić information content (AvgIpc) is 3.07. The van der Waals surface area contributed by atoms with Gasteiger partial charge in [0.05, 0.1) is 25.7 Å². The van der Waals surface area contributed by atoms with Crippen LogP contribution in [0.25, 0.3) is 0 Å². The third kappa shape index (κ3) is 2.96. The molecule has 3 atom stereocenters. The van der Waals surface area contributed by atoms with Crippen LogP contribution in [0, 0.1) is 23.7 Å². The molecule has 3 fully saturated rings. The van der Waals surface area contributed by atoms with Crippen LogP contribution < -0.4 is 0 Å². The number of carbonyl (C=O) groups excluding carboxylic acids is 1. The lowest BCUT2D eigenvalue weighted by Gasteiger charge is -2.29. The summed E-state index contributed by atoms with van der Waals surface area (Å²) in [5, 5.41) is 0. The summed E-state index contributed by atoms with van der Waals surface area (Å²) in [4.78, 5) is 11.5. The predicted octanol–water partition coefficient (Wildman–Crippen LogP) is 3.17. The van der Waals surface area contributed by atoms with Gasteiger partial charge in [-0.2, -0.15) is 0 Å². The Morgan fingerprint density at radius 3 is 2.42 bits per heavy atom. The fourth-order valence-corrected chi connectivity index (χ4v) is 4.47. The number of hydrogen-bond acceptors (Lipinski definition) is 3. The molecular formula is C16H26O3. The molecule has 2 bridgehead atoms. The summed E-state index contributed by atoms with van der Waals surface area (Å²) in [7, 11) is 1.49. The summed E-state index contributed by atoms with van der Waals surface area (Å²) < 4.78 is 10.9. The Labute approximate surface area is 116 Å². The first-order valence-corrected chi connectivity index (χ1v) is 7.95. The zero-order chi connectivity index (χ0) is 13.2. The van der Waals surface area contributed by atoms with E-state index in [2.05, 4.69) is 0 Å². The Balaban J connectivity index is 1.37. The first-order valence-electron chi connectivity index (χ1n) is 7.95. The second-order valence-electron chi connectivity index (χ2n) is 6.77. The van der Waals surface area contributed by atoms with Crippen LogP contribution in [-0.4, -0.2) is 25.8 Å². The molecule has 0 aliphatic heterocycles. The van der Waals surface area contributed by atoms with Crippen molar-refractivity contribution in [3.8, 4) is 0 Å². The summed E-state index contributed by atoms with van der Waals surface area (Å²) in [6.07, 6.45) is 10.1. The predicted molar refractivity (Wildman–Crippen MR) is 72.7 cm³/mol. The number of methoxy groups -OCH3 is 1. The first kappa shape index (κ1) is 13.4. The SMILES string of the molecule is COC(=O)C1CCC(OCC2CC3CCC2C3)CC1. The molecule has 0 N–H and O–H groups in total. The van der Waals surface area contributed by atoms with Crippen molar-refractivity contribution >= 4 is 5.97 Å². The highest BCUT2D eigenvalue weighted by molar-refractivity contribution is 5.72. The molecule has 108 valence electrons. The summed E-state index contributed by atoms with van der Waals surface area (Å²) in [6.45, 7) is 0.967. The molecule has 3 saturated carbocycles. The molecule has 3 rings (SSSR count). The van der Waals surface area contributed by atoms with Crippen LogP contribution in [0.4, 0.5) is 0 Å². The lowest BCUT2D eigenvalue weighted by molar-refractivity contribution is -0.147. The van der Waals surface area contributed by atoms with Crippen molar-refractivity contribution in [3.05, 3.63) is 0 Å². The third-order valence-corrected chi connectivity index (χ3v) is 5.64. The minimum Gasteiger partial charge on any atom is -0.469 e. The minimum atomic E-state index is -0.0356. The van der Waals surface area contributed by atoms with Gasteiger partial charge >= 0.3 is 5.97 Å². The molecular weight excluding hydrogens is 240 g/mol. The van der Waals surface area contributed by atoms with E-state index in [4.69, 9.17) is 9.47 Å². The molecule has 3 nitrogen and oxygen atoms in total. The smallest absolute Gasteiger partial charge is 0.308 e. The average molecular weight is 266 g/mol. The molecule has 3 aliphatic rings. The molecule has 3 heteroatoms. The number of ether oxygens (including phenoxy) is 2. The van der Waals surface area contributed by atoms with E-state index in [0.29, 0.717) is 6.10 Å². The molecule has 0 aromatic heterocycles. The van der Waals surface area contributed by atoms with Gasteiger partial charge in [-0.3, -0.25) is 4.79 Å². The fraction of sp³-hybridized carbons (Fsp3) is 0.938. The molecule has 0 spiro atoms. The Hall–Kier alpha value is -0.570. The molecule has 19 heavy (non-hydrogen) atoms. The molecule has 0 saturated heterocycles. The quantitative estimate of drug-likeness (QED) is 0.733. The van der Waals surface area contributed by atoms with Gasteiger partial charge < -0.3 is 9.47 Å². The maximum Gasteiger partial charge on any atom is 0.308 e. The summed E-state index contributed by atoms with van der Waals surface area (Å²) in [5.41, 5.74) is 0. The number of fused-ring (bicyclic) bond motifs is 2. The van der Waals surface area contributed by atoms with Gasteiger partial charge in [0.15, 0.2) is 0 Å². The van der Waals surface area contributed by atoms with Crippen molar-refractivity contribution in [1.82, 2.24) is 0 Å². The van der Waals surface area contributed by atoms with Crippen molar-refractivity contribution < 1.29 is 14.3 Å². The van der Waals surface area contributed by atoms with Gasteiger partial charge in [-0.1, -0.05) is 6.42 Å². The summed E-state index contributed by atoms with van der Waals surface area (Å²) in [6, 6.07) is 0. The van der Waals surface area contributed by atoms with E-state index in [9.17, 15) is 4.79 Å². The van der Waals surface area contributed by atoms with Gasteiger partial charge in [-0.05, 0) is 62.7 Å². The van der Waals surface area contributed by atoms with Gasteiger partial charge in [0.2, 0.25) is 0 Å². The molecule has 0 heterocycles. The van der Waals surface area contributed by atoms with Crippen molar-refractivity contribution in [3.63, 3.8) is 0 Å². The summed E-state index contributed by atoms with van der Waals surface area (Å²) in [5.74, 6) is 2.88. The standard InChI is InChI=1S/C16H26O3/c1-18-16(17)12-4-6-15(7-5-12)19-10-14-9-11-2-3-13(14)8-11/h11-15H,2-10H2,1H3. The Morgan fingerprint density at radius 2 is 1.84 bits per heavy atom. The lowest BCUT2D eigenvalue weighted by Crippen LogP contribution is -2.29. The normalized spacial score (nSPS) is 41.4. The van der Waals surface area contributed by atoms with Gasteiger partial charge in [0.25, 0.3) is 0 Å². The van der Waals surface area contributed by atoms with Crippen molar-refractivity contribution in [2.24, 2.45) is 23.7 Å². The van der Waals surface area contributed by atoms with Crippen LogP contribution in [0.1, 0.15) is 51.4 Å². The van der Waals surface area contributed by atoms with Crippen LogP contribution in [0.15, 0.2) is 0 Å². The topological polar surface area (TPSA) is 35.5 Å². The van der Waals surface area contributed by atoms with E-state index in [-0.39, 0.29) is 11.9 Å². The van der Waals surface area contributed by atoms with E-state index in [1.54, 1.807) is 0 Å². The Morgan fingerprint density at radius 1 is 1.05 bits per heavy atom. The van der Waals surface area contributed by atoms with Crippen LogP contribution in [0.5, 0.6) is 0 Å². The van der Waals surface area contributed by atoms with E-state index in [1.807, 2.05) is 0 Å². The zero-order valence-electron chi connectivity index (χ0n) is 12.0. The number of carbonyl (C=O) groups is 1.